The summed E-state index contributed by atoms with van der Waals surface area (Å²) in [6, 6.07) is 14.8. The second kappa shape index (κ2) is 7.94. The molecule has 5 nitrogen and oxygen atoms in total. The maximum absolute atomic E-state index is 12.4. The lowest BCUT2D eigenvalue weighted by Gasteiger charge is -2.38. The first-order valence-electron chi connectivity index (χ1n) is 8.04. The average Bonchev–Trinajstić information content (AvgIpc) is 2.62. The molecule has 0 aromatic heterocycles. The van der Waals surface area contributed by atoms with Crippen molar-refractivity contribution in [1.29, 1.82) is 0 Å². The number of carboxylic acid groups (broad SMARTS) is 1. The molecule has 1 atom stereocenters. The van der Waals surface area contributed by atoms with Gasteiger partial charge < -0.3 is 14.6 Å². The Bertz CT molecular complexity index is 757. The van der Waals surface area contributed by atoms with Crippen molar-refractivity contribution in [2.75, 3.05) is 21.2 Å². The minimum absolute atomic E-state index is 0.00526. The van der Waals surface area contributed by atoms with Crippen molar-refractivity contribution in [2.24, 2.45) is 0 Å². The largest absolute Gasteiger partial charge is 0.496 e. The minimum Gasteiger partial charge on any atom is -0.496 e. The molecule has 5 heteroatoms. The first kappa shape index (κ1) is 18.7. The number of carbonyl (C=O) groups excluding carboxylic acids is 1. The van der Waals surface area contributed by atoms with Gasteiger partial charge in [-0.15, -0.1) is 0 Å². The number of ether oxygens (including phenoxy) is 1. The molecule has 0 saturated heterocycles. The van der Waals surface area contributed by atoms with Crippen LogP contribution in [0.25, 0.3) is 0 Å². The number of benzene rings is 2. The fourth-order valence-electron chi connectivity index (χ4n) is 3.17. The van der Waals surface area contributed by atoms with Crippen LogP contribution in [0.5, 0.6) is 5.75 Å². The van der Waals surface area contributed by atoms with E-state index in [1.807, 2.05) is 67.5 Å². The van der Waals surface area contributed by atoms with Gasteiger partial charge in [0.05, 0.1) is 7.11 Å². The van der Waals surface area contributed by atoms with Gasteiger partial charge >= 0.3 is 5.97 Å². The van der Waals surface area contributed by atoms with Crippen LogP contribution in [-0.4, -0.2) is 43.5 Å². The van der Waals surface area contributed by atoms with Gasteiger partial charge in [0, 0.05) is 12.0 Å². The molecule has 0 heterocycles. The van der Waals surface area contributed by atoms with Crippen LogP contribution in [0.2, 0.25) is 0 Å². The molecule has 25 heavy (non-hydrogen) atoms. The van der Waals surface area contributed by atoms with Gasteiger partial charge in [-0.25, -0.2) is 0 Å². The number of nitrogens with zero attached hydrogens (tertiary/aromatic N) is 1. The molecule has 0 spiro atoms. The summed E-state index contributed by atoms with van der Waals surface area (Å²) in [5.41, 5.74) is 1.25. The summed E-state index contributed by atoms with van der Waals surface area (Å²) in [6.07, 6.45) is 1.25. The zero-order valence-electron chi connectivity index (χ0n) is 14.7. The van der Waals surface area contributed by atoms with Crippen molar-refractivity contribution < 1.29 is 19.4 Å². The predicted octanol–water partition coefficient (Wildman–Crippen LogP) is 2.72. The zero-order valence-corrected chi connectivity index (χ0v) is 14.7. The lowest BCUT2D eigenvalue weighted by atomic mass is 9.79. The molecule has 0 aliphatic rings. The summed E-state index contributed by atoms with van der Waals surface area (Å²) in [5.74, 6) is -0.259. The van der Waals surface area contributed by atoms with Crippen LogP contribution in [0.4, 0.5) is 0 Å². The second-order valence-corrected chi connectivity index (χ2v) is 6.03. The van der Waals surface area contributed by atoms with Crippen LogP contribution in [0, 0.1) is 0 Å². The maximum atomic E-state index is 12.4. The van der Waals surface area contributed by atoms with E-state index in [-0.39, 0.29) is 6.42 Å². The first-order chi connectivity index (χ1) is 12.0. The van der Waals surface area contributed by atoms with Crippen LogP contribution in [0.1, 0.15) is 23.1 Å². The van der Waals surface area contributed by atoms with Gasteiger partial charge in [-0.1, -0.05) is 42.5 Å². The molecule has 1 unspecified atom stereocenters. The van der Waals surface area contributed by atoms with E-state index in [4.69, 9.17) is 9.84 Å². The van der Waals surface area contributed by atoms with E-state index < -0.39 is 11.5 Å². The normalized spacial score (nSPS) is 13.3. The number of aryl methyl sites for hydroxylation is 1. The van der Waals surface area contributed by atoms with Gasteiger partial charge in [0.2, 0.25) is 0 Å². The maximum Gasteiger partial charge on any atom is 0.303 e. The summed E-state index contributed by atoms with van der Waals surface area (Å²) >= 11 is 0. The van der Waals surface area contributed by atoms with Crippen LogP contribution >= 0.6 is 0 Å². The molecule has 2 rings (SSSR count). The number of likely N-dealkylation sites (N-methyl/N-ethyl adjacent to an activating group) is 1. The highest BCUT2D eigenvalue weighted by Gasteiger charge is 2.40. The Morgan fingerprint density at radius 3 is 2.28 bits per heavy atom. The molecule has 0 saturated carbocycles. The summed E-state index contributed by atoms with van der Waals surface area (Å²) < 4.78 is 5.48. The second-order valence-electron chi connectivity index (χ2n) is 6.03. The zero-order chi connectivity index (χ0) is 18.4. The molecule has 1 N–H and O–H groups in total. The Morgan fingerprint density at radius 2 is 1.72 bits per heavy atom. The van der Waals surface area contributed by atoms with Crippen molar-refractivity contribution in [3.8, 4) is 5.75 Å². The fourth-order valence-corrected chi connectivity index (χ4v) is 3.17. The summed E-state index contributed by atoms with van der Waals surface area (Å²) in [5, 5.41) is 9.03. The number of hydrogen-bond donors (Lipinski definition) is 1. The highest BCUT2D eigenvalue weighted by Crippen LogP contribution is 2.39. The number of methoxy groups -OCH3 is 1. The summed E-state index contributed by atoms with van der Waals surface area (Å²) in [4.78, 5) is 25.3. The van der Waals surface area contributed by atoms with Crippen molar-refractivity contribution in [3.63, 3.8) is 0 Å². The molecule has 0 fully saturated rings. The molecule has 2 aromatic rings. The van der Waals surface area contributed by atoms with Gasteiger partial charge in [0.25, 0.3) is 0 Å². The minimum atomic E-state index is -1.07. The third kappa shape index (κ3) is 3.56. The smallest absolute Gasteiger partial charge is 0.303 e. The number of aldehydes is 1. The number of aliphatic carboxylic acids is 1. The van der Waals surface area contributed by atoms with Crippen LogP contribution in [-0.2, 0) is 21.5 Å². The van der Waals surface area contributed by atoms with Crippen molar-refractivity contribution in [2.45, 2.75) is 18.4 Å². The van der Waals surface area contributed by atoms with Gasteiger partial charge in [-0.2, -0.15) is 0 Å². The van der Waals surface area contributed by atoms with E-state index in [0.717, 1.165) is 23.0 Å². The SMILES string of the molecule is COc1ccccc1C(C=O)(c1ccccc1CCC(=O)O)N(C)C. The molecular weight excluding hydrogens is 318 g/mol. The van der Waals surface area contributed by atoms with Crippen molar-refractivity contribution in [3.05, 3.63) is 65.2 Å². The molecule has 0 bridgehead atoms. The molecule has 2 aromatic carbocycles. The van der Waals surface area contributed by atoms with Gasteiger partial charge in [0.1, 0.15) is 17.6 Å². The molecule has 132 valence electrons. The Morgan fingerprint density at radius 1 is 1.12 bits per heavy atom. The number of hydrogen-bond acceptors (Lipinski definition) is 4. The van der Waals surface area contributed by atoms with E-state index in [9.17, 15) is 9.59 Å². The lowest BCUT2D eigenvalue weighted by Crippen LogP contribution is -2.45. The molecule has 0 aliphatic carbocycles. The van der Waals surface area contributed by atoms with Gasteiger partial charge in [-0.3, -0.25) is 9.69 Å². The van der Waals surface area contributed by atoms with Gasteiger partial charge in [-0.05, 0) is 37.7 Å². The van der Waals surface area contributed by atoms with Crippen molar-refractivity contribution in [1.82, 2.24) is 4.90 Å². The Hall–Kier alpha value is -2.66. The number of para-hydroxylation sites is 1. The lowest BCUT2D eigenvalue weighted by molar-refractivity contribution is -0.136. The number of carbonyl (C=O) groups is 2. The average molecular weight is 341 g/mol. The molecule has 0 radical (unpaired) electrons. The molecule has 0 aliphatic heterocycles. The summed E-state index contributed by atoms with van der Waals surface area (Å²) in [7, 11) is 5.23. The topological polar surface area (TPSA) is 66.8 Å². The third-order valence-corrected chi connectivity index (χ3v) is 4.43. The van der Waals surface area contributed by atoms with E-state index in [1.165, 1.54) is 0 Å². The van der Waals surface area contributed by atoms with E-state index in [1.54, 1.807) is 7.11 Å². The van der Waals surface area contributed by atoms with Crippen LogP contribution < -0.4 is 4.74 Å². The van der Waals surface area contributed by atoms with Crippen molar-refractivity contribution >= 4 is 12.3 Å². The highest BCUT2D eigenvalue weighted by atomic mass is 16.5. The highest BCUT2D eigenvalue weighted by molar-refractivity contribution is 5.77. The number of carboxylic acids is 1. The molecule has 0 amide bonds. The molecular formula is C20H23NO4. The quantitative estimate of drug-likeness (QED) is 0.748. The van der Waals surface area contributed by atoms with Crippen LogP contribution in [0.15, 0.2) is 48.5 Å². The fraction of sp³-hybridized carbons (Fsp3) is 0.300. The van der Waals surface area contributed by atoms with E-state index in [0.29, 0.717) is 12.2 Å². The summed E-state index contributed by atoms with van der Waals surface area (Å²) in [6.45, 7) is 0. The Kier molecular flexibility index (Phi) is 5.93. The number of rotatable bonds is 8. The Balaban J connectivity index is 2.71. The van der Waals surface area contributed by atoms with Gasteiger partial charge in [0.15, 0.2) is 0 Å². The standard InChI is InChI=1S/C20H23NO4/c1-21(2)20(14-22,17-10-6-7-11-18(17)25-3)16-9-5-4-8-15(16)12-13-19(23)24/h4-11,14H,12-13H2,1-3H3,(H,23,24). The Labute approximate surface area is 147 Å². The van der Waals surface area contributed by atoms with Crippen LogP contribution in [0.3, 0.4) is 0 Å². The first-order valence-corrected chi connectivity index (χ1v) is 8.04. The van der Waals surface area contributed by atoms with E-state index >= 15 is 0 Å². The third-order valence-electron chi connectivity index (χ3n) is 4.43. The monoisotopic (exact) mass is 341 g/mol. The van der Waals surface area contributed by atoms with E-state index in [2.05, 4.69) is 0 Å². The predicted molar refractivity (Wildman–Crippen MR) is 95.9 cm³/mol.